The third-order valence-corrected chi connectivity index (χ3v) is 3.60. The Morgan fingerprint density at radius 2 is 2.00 bits per heavy atom. The lowest BCUT2D eigenvalue weighted by Gasteiger charge is -2.09. The summed E-state index contributed by atoms with van der Waals surface area (Å²) in [6, 6.07) is 6.82. The zero-order valence-electron chi connectivity index (χ0n) is 13.7. The molecule has 0 saturated carbocycles. The number of carbonyl (C=O) groups excluding carboxylic acids is 2. The van der Waals surface area contributed by atoms with Crippen molar-refractivity contribution in [1.29, 1.82) is 0 Å². The van der Waals surface area contributed by atoms with Crippen molar-refractivity contribution in [3.63, 3.8) is 0 Å². The largest absolute Gasteiger partial charge is 0.487 e. The Morgan fingerprint density at radius 3 is 2.62 bits per heavy atom. The highest BCUT2D eigenvalue weighted by Crippen LogP contribution is 2.14. The Balaban J connectivity index is 1.75. The minimum absolute atomic E-state index is 0.148. The number of amides is 1. The van der Waals surface area contributed by atoms with Gasteiger partial charge in [0.15, 0.2) is 0 Å². The number of ether oxygens (including phenoxy) is 2. The van der Waals surface area contributed by atoms with E-state index in [1.165, 1.54) is 11.3 Å². The van der Waals surface area contributed by atoms with E-state index >= 15 is 0 Å². The zero-order chi connectivity index (χ0) is 17.4. The second kappa shape index (κ2) is 9.02. The summed E-state index contributed by atoms with van der Waals surface area (Å²) in [5.74, 6) is 0.106. The maximum absolute atomic E-state index is 12.0. The molecule has 7 heteroatoms. The van der Waals surface area contributed by atoms with Crippen LogP contribution in [0.25, 0.3) is 0 Å². The minimum Gasteiger partial charge on any atom is -0.487 e. The summed E-state index contributed by atoms with van der Waals surface area (Å²) >= 11 is 1.52. The van der Waals surface area contributed by atoms with Gasteiger partial charge in [0.1, 0.15) is 12.4 Å². The Labute approximate surface area is 144 Å². The number of aromatic nitrogens is 1. The van der Waals surface area contributed by atoms with E-state index in [9.17, 15) is 9.59 Å². The van der Waals surface area contributed by atoms with Crippen LogP contribution < -0.4 is 10.1 Å². The number of carbonyl (C=O) groups is 2. The van der Waals surface area contributed by atoms with Crippen LogP contribution in [0.3, 0.4) is 0 Å². The van der Waals surface area contributed by atoms with E-state index in [0.717, 1.165) is 5.69 Å². The number of hydrogen-bond acceptors (Lipinski definition) is 6. The lowest BCUT2D eigenvalue weighted by molar-refractivity contribution is -0.147. The Hall–Kier alpha value is -2.41. The summed E-state index contributed by atoms with van der Waals surface area (Å²) in [5.41, 5.74) is 3.13. The van der Waals surface area contributed by atoms with E-state index in [0.29, 0.717) is 17.9 Å². The molecule has 0 fully saturated rings. The molecule has 2 rings (SSSR count). The topological polar surface area (TPSA) is 77.5 Å². The number of thiazole rings is 1. The predicted octanol–water partition coefficient (Wildman–Crippen LogP) is 2.79. The molecular formula is C17H20N2O4S. The van der Waals surface area contributed by atoms with Gasteiger partial charge in [-0.3, -0.25) is 9.59 Å². The number of benzene rings is 1. The zero-order valence-corrected chi connectivity index (χ0v) is 14.5. The van der Waals surface area contributed by atoms with Crippen LogP contribution in [0, 0.1) is 0 Å². The fraction of sp³-hybridized carbons (Fsp3) is 0.353. The molecule has 1 amide bonds. The first-order valence-electron chi connectivity index (χ1n) is 7.62. The lowest BCUT2D eigenvalue weighted by atomic mass is 10.2. The van der Waals surface area contributed by atoms with E-state index in [-0.39, 0.29) is 30.9 Å². The first kappa shape index (κ1) is 17.9. The van der Waals surface area contributed by atoms with E-state index in [2.05, 4.69) is 10.3 Å². The summed E-state index contributed by atoms with van der Waals surface area (Å²) < 4.78 is 10.6. The van der Waals surface area contributed by atoms with Crippen molar-refractivity contribution in [2.75, 3.05) is 6.54 Å². The highest BCUT2D eigenvalue weighted by Gasteiger charge is 2.09. The molecule has 0 aliphatic heterocycles. The van der Waals surface area contributed by atoms with Gasteiger partial charge in [-0.1, -0.05) is 0 Å². The number of rotatable bonds is 8. The summed E-state index contributed by atoms with van der Waals surface area (Å²) in [5, 5.41) is 4.61. The van der Waals surface area contributed by atoms with E-state index in [1.54, 1.807) is 43.6 Å². The first-order chi connectivity index (χ1) is 11.5. The molecule has 1 N–H and O–H groups in total. The van der Waals surface area contributed by atoms with Crippen LogP contribution in [0.15, 0.2) is 35.2 Å². The molecule has 128 valence electrons. The third kappa shape index (κ3) is 6.00. The molecule has 24 heavy (non-hydrogen) atoms. The molecule has 1 aromatic heterocycles. The fourth-order valence-corrected chi connectivity index (χ4v) is 2.41. The van der Waals surface area contributed by atoms with Crippen LogP contribution in [-0.4, -0.2) is 29.5 Å². The van der Waals surface area contributed by atoms with Gasteiger partial charge < -0.3 is 14.8 Å². The highest BCUT2D eigenvalue weighted by molar-refractivity contribution is 7.07. The average Bonchev–Trinajstić information content (AvgIpc) is 3.06. The second-order valence-electron chi connectivity index (χ2n) is 5.34. The number of esters is 1. The maximum atomic E-state index is 12.0. The smallest absolute Gasteiger partial charge is 0.307 e. The van der Waals surface area contributed by atoms with Gasteiger partial charge in [-0.25, -0.2) is 4.98 Å². The van der Waals surface area contributed by atoms with E-state index in [4.69, 9.17) is 9.47 Å². The van der Waals surface area contributed by atoms with Gasteiger partial charge in [-0.15, -0.1) is 11.3 Å². The van der Waals surface area contributed by atoms with Crippen LogP contribution in [0.4, 0.5) is 0 Å². The summed E-state index contributed by atoms with van der Waals surface area (Å²) in [6.07, 6.45) is 0.00342. The van der Waals surface area contributed by atoms with Crippen molar-refractivity contribution >= 4 is 23.2 Å². The molecular weight excluding hydrogens is 328 g/mol. The summed E-state index contributed by atoms with van der Waals surface area (Å²) in [4.78, 5) is 27.5. The first-order valence-corrected chi connectivity index (χ1v) is 8.56. The van der Waals surface area contributed by atoms with Gasteiger partial charge in [0.25, 0.3) is 5.91 Å². The average molecular weight is 348 g/mol. The molecule has 0 bridgehead atoms. The van der Waals surface area contributed by atoms with Gasteiger partial charge in [-0.2, -0.15) is 0 Å². The highest BCUT2D eigenvalue weighted by atomic mass is 32.1. The molecule has 1 heterocycles. The fourth-order valence-electron chi connectivity index (χ4n) is 1.87. The van der Waals surface area contributed by atoms with Crippen molar-refractivity contribution in [2.24, 2.45) is 0 Å². The van der Waals surface area contributed by atoms with Crippen LogP contribution >= 0.6 is 11.3 Å². The third-order valence-electron chi connectivity index (χ3n) is 2.97. The summed E-state index contributed by atoms with van der Waals surface area (Å²) in [6.45, 7) is 4.21. The van der Waals surface area contributed by atoms with Gasteiger partial charge >= 0.3 is 5.97 Å². The lowest BCUT2D eigenvalue weighted by Crippen LogP contribution is -2.27. The van der Waals surface area contributed by atoms with Crippen molar-refractivity contribution in [3.8, 4) is 5.75 Å². The molecule has 0 atom stereocenters. The molecule has 6 nitrogen and oxygen atoms in total. The van der Waals surface area contributed by atoms with Crippen molar-refractivity contribution in [3.05, 3.63) is 46.4 Å². The SMILES string of the molecule is CC(C)OC(=O)CCNC(=O)c1ccc(OCc2cscn2)cc1. The van der Waals surface area contributed by atoms with Gasteiger partial charge in [0, 0.05) is 17.5 Å². The quantitative estimate of drug-likeness (QED) is 0.742. The van der Waals surface area contributed by atoms with Crippen molar-refractivity contribution in [1.82, 2.24) is 10.3 Å². The molecule has 0 aliphatic carbocycles. The minimum atomic E-state index is -0.323. The molecule has 0 aliphatic rings. The Kier molecular flexibility index (Phi) is 6.74. The molecule has 0 radical (unpaired) electrons. The summed E-state index contributed by atoms with van der Waals surface area (Å²) in [7, 11) is 0. The van der Waals surface area contributed by atoms with Gasteiger partial charge in [-0.05, 0) is 38.1 Å². The Bertz CT molecular complexity index is 654. The van der Waals surface area contributed by atoms with Crippen LogP contribution in [0.2, 0.25) is 0 Å². The van der Waals surface area contributed by atoms with Crippen LogP contribution in [-0.2, 0) is 16.1 Å². The normalized spacial score (nSPS) is 10.5. The van der Waals surface area contributed by atoms with E-state index in [1.807, 2.05) is 5.38 Å². The maximum Gasteiger partial charge on any atom is 0.307 e. The molecule has 0 saturated heterocycles. The van der Waals surface area contributed by atoms with Gasteiger partial charge in [0.2, 0.25) is 0 Å². The van der Waals surface area contributed by atoms with Crippen molar-refractivity contribution in [2.45, 2.75) is 33.0 Å². The number of nitrogens with one attached hydrogen (secondary N) is 1. The van der Waals surface area contributed by atoms with Crippen LogP contribution in [0.1, 0.15) is 36.3 Å². The predicted molar refractivity (Wildman–Crippen MR) is 91.1 cm³/mol. The second-order valence-corrected chi connectivity index (χ2v) is 6.06. The van der Waals surface area contributed by atoms with Crippen LogP contribution in [0.5, 0.6) is 5.75 Å². The number of hydrogen-bond donors (Lipinski definition) is 1. The molecule has 0 spiro atoms. The number of nitrogens with zero attached hydrogens (tertiary/aromatic N) is 1. The monoisotopic (exact) mass is 348 g/mol. The van der Waals surface area contributed by atoms with Crippen molar-refractivity contribution < 1.29 is 19.1 Å². The standard InChI is InChI=1S/C17H20N2O4S/c1-12(2)23-16(20)7-8-18-17(21)13-3-5-15(6-4-13)22-9-14-10-24-11-19-14/h3-6,10-12H,7-9H2,1-2H3,(H,18,21). The molecule has 2 aromatic rings. The Morgan fingerprint density at radius 1 is 1.25 bits per heavy atom. The van der Waals surface area contributed by atoms with E-state index < -0.39 is 0 Å². The van der Waals surface area contributed by atoms with Gasteiger partial charge in [0.05, 0.1) is 23.7 Å². The molecule has 1 aromatic carbocycles. The molecule has 0 unspecified atom stereocenters.